The molecule has 1 N–H and O–H groups in total. The molecule has 0 aromatic carbocycles. The molecular weight excluding hydrogens is 222 g/mol. The van der Waals surface area contributed by atoms with Crippen LogP contribution in [0.1, 0.15) is 12.8 Å². The summed E-state index contributed by atoms with van der Waals surface area (Å²) in [6.45, 7) is 2.81. The van der Waals surface area contributed by atoms with Crippen molar-refractivity contribution in [1.82, 2.24) is 5.32 Å². The SMILES string of the molecule is CNC1CC(OC2CCOC2)C1OCCOC. The lowest BCUT2D eigenvalue weighted by Crippen LogP contribution is -2.60. The zero-order chi connectivity index (χ0) is 12.1. The lowest BCUT2D eigenvalue weighted by Gasteiger charge is -2.44. The molecule has 2 fully saturated rings. The highest BCUT2D eigenvalue weighted by Gasteiger charge is 2.43. The smallest absolute Gasteiger partial charge is 0.0991 e. The molecule has 1 aliphatic heterocycles. The predicted molar refractivity (Wildman–Crippen MR) is 63.2 cm³/mol. The minimum absolute atomic E-state index is 0.149. The molecule has 2 aliphatic rings. The lowest BCUT2D eigenvalue weighted by atomic mass is 9.85. The van der Waals surface area contributed by atoms with E-state index in [-0.39, 0.29) is 18.3 Å². The minimum atomic E-state index is 0.149. The van der Waals surface area contributed by atoms with Crippen LogP contribution in [0, 0.1) is 0 Å². The second-order valence-electron chi connectivity index (χ2n) is 4.62. The molecule has 0 aromatic rings. The molecule has 0 spiro atoms. The van der Waals surface area contributed by atoms with Gasteiger partial charge in [-0.25, -0.2) is 0 Å². The third kappa shape index (κ3) is 3.39. The summed E-state index contributed by atoms with van der Waals surface area (Å²) in [4.78, 5) is 0. The Balaban J connectivity index is 1.72. The van der Waals surface area contributed by atoms with Gasteiger partial charge in [0.2, 0.25) is 0 Å². The number of hydrogen-bond donors (Lipinski definition) is 1. The maximum Gasteiger partial charge on any atom is 0.0991 e. The van der Waals surface area contributed by atoms with Gasteiger partial charge in [-0.05, 0) is 19.9 Å². The van der Waals surface area contributed by atoms with Crippen LogP contribution in [0.5, 0.6) is 0 Å². The third-order valence-electron chi connectivity index (χ3n) is 3.47. The van der Waals surface area contributed by atoms with Gasteiger partial charge < -0.3 is 24.3 Å². The van der Waals surface area contributed by atoms with Gasteiger partial charge >= 0.3 is 0 Å². The molecule has 1 saturated carbocycles. The fraction of sp³-hybridized carbons (Fsp3) is 1.00. The van der Waals surface area contributed by atoms with Gasteiger partial charge in [0.15, 0.2) is 0 Å². The van der Waals surface area contributed by atoms with Gasteiger partial charge in [-0.2, -0.15) is 0 Å². The van der Waals surface area contributed by atoms with E-state index in [1.807, 2.05) is 7.05 Å². The molecular formula is C12H23NO4. The van der Waals surface area contributed by atoms with Crippen LogP contribution in [-0.2, 0) is 18.9 Å². The average Bonchev–Trinajstić information content (AvgIpc) is 2.82. The molecule has 2 rings (SSSR count). The van der Waals surface area contributed by atoms with Crippen LogP contribution in [0.4, 0.5) is 0 Å². The van der Waals surface area contributed by atoms with E-state index >= 15 is 0 Å². The minimum Gasteiger partial charge on any atom is -0.382 e. The Labute approximate surface area is 103 Å². The fourth-order valence-electron chi connectivity index (χ4n) is 2.36. The average molecular weight is 245 g/mol. The highest BCUT2D eigenvalue weighted by molar-refractivity contribution is 4.97. The summed E-state index contributed by atoms with van der Waals surface area (Å²) in [6.07, 6.45) is 2.63. The molecule has 5 heteroatoms. The molecule has 0 aromatic heterocycles. The van der Waals surface area contributed by atoms with E-state index in [0.29, 0.717) is 19.3 Å². The van der Waals surface area contributed by atoms with Crippen LogP contribution in [0.15, 0.2) is 0 Å². The summed E-state index contributed by atoms with van der Waals surface area (Å²) in [5.41, 5.74) is 0. The van der Waals surface area contributed by atoms with Crippen LogP contribution < -0.4 is 5.32 Å². The van der Waals surface area contributed by atoms with Crippen molar-refractivity contribution in [2.45, 2.75) is 37.2 Å². The van der Waals surface area contributed by atoms with Gasteiger partial charge in [0, 0.05) is 19.8 Å². The van der Waals surface area contributed by atoms with Gasteiger partial charge in [-0.1, -0.05) is 0 Å². The summed E-state index contributed by atoms with van der Waals surface area (Å²) < 4.78 is 22.1. The molecule has 0 radical (unpaired) electrons. The van der Waals surface area contributed by atoms with Crippen molar-refractivity contribution in [2.24, 2.45) is 0 Å². The van der Waals surface area contributed by atoms with Crippen molar-refractivity contribution < 1.29 is 18.9 Å². The molecule has 5 nitrogen and oxygen atoms in total. The molecule has 17 heavy (non-hydrogen) atoms. The van der Waals surface area contributed by atoms with E-state index in [2.05, 4.69) is 5.32 Å². The zero-order valence-corrected chi connectivity index (χ0v) is 10.7. The number of nitrogens with one attached hydrogen (secondary N) is 1. The molecule has 1 saturated heterocycles. The van der Waals surface area contributed by atoms with Gasteiger partial charge in [0.25, 0.3) is 0 Å². The molecule has 1 aliphatic carbocycles. The van der Waals surface area contributed by atoms with Crippen molar-refractivity contribution in [3.05, 3.63) is 0 Å². The van der Waals surface area contributed by atoms with E-state index < -0.39 is 0 Å². The second-order valence-corrected chi connectivity index (χ2v) is 4.62. The van der Waals surface area contributed by atoms with Crippen molar-refractivity contribution in [3.8, 4) is 0 Å². The number of likely N-dealkylation sites (N-methyl/N-ethyl adjacent to an activating group) is 1. The van der Waals surface area contributed by atoms with Gasteiger partial charge in [-0.15, -0.1) is 0 Å². The van der Waals surface area contributed by atoms with Crippen molar-refractivity contribution in [3.63, 3.8) is 0 Å². The summed E-state index contributed by atoms with van der Waals surface area (Å²) in [7, 11) is 3.65. The quantitative estimate of drug-likeness (QED) is 0.649. The second kappa shape index (κ2) is 6.66. The van der Waals surface area contributed by atoms with Crippen LogP contribution >= 0.6 is 0 Å². The molecule has 0 bridgehead atoms. The van der Waals surface area contributed by atoms with Crippen molar-refractivity contribution in [2.75, 3.05) is 40.6 Å². The number of methoxy groups -OCH3 is 1. The van der Waals surface area contributed by atoms with E-state index in [9.17, 15) is 0 Å². The van der Waals surface area contributed by atoms with Gasteiger partial charge in [-0.3, -0.25) is 0 Å². The maximum atomic E-state index is 5.99. The van der Waals surface area contributed by atoms with Crippen molar-refractivity contribution >= 4 is 0 Å². The summed E-state index contributed by atoms with van der Waals surface area (Å²) in [5, 5.41) is 3.26. The Morgan fingerprint density at radius 2 is 2.24 bits per heavy atom. The highest BCUT2D eigenvalue weighted by atomic mass is 16.6. The monoisotopic (exact) mass is 245 g/mol. The molecule has 0 amide bonds. The Morgan fingerprint density at radius 3 is 2.88 bits per heavy atom. The molecule has 4 atom stereocenters. The molecule has 100 valence electrons. The Morgan fingerprint density at radius 1 is 1.35 bits per heavy atom. The Hall–Kier alpha value is -0.200. The first-order valence-corrected chi connectivity index (χ1v) is 6.36. The number of rotatable bonds is 7. The standard InChI is InChI=1S/C12H23NO4/c1-13-10-7-11(12(10)16-6-5-14-2)17-9-3-4-15-8-9/h9-13H,3-8H2,1-2H3. The van der Waals surface area contributed by atoms with Crippen LogP contribution in [0.25, 0.3) is 0 Å². The highest BCUT2D eigenvalue weighted by Crippen LogP contribution is 2.29. The summed E-state index contributed by atoms with van der Waals surface area (Å²) in [5.74, 6) is 0. The summed E-state index contributed by atoms with van der Waals surface area (Å²) >= 11 is 0. The lowest BCUT2D eigenvalue weighted by molar-refractivity contribution is -0.169. The Kier molecular flexibility index (Phi) is 5.18. The topological polar surface area (TPSA) is 49.0 Å². The largest absolute Gasteiger partial charge is 0.382 e. The van der Waals surface area contributed by atoms with Gasteiger partial charge in [0.05, 0.1) is 38.1 Å². The molecule has 1 heterocycles. The normalized spacial score (nSPS) is 37.1. The Bertz CT molecular complexity index is 221. The van der Waals surface area contributed by atoms with E-state index in [1.54, 1.807) is 7.11 Å². The fourth-order valence-corrected chi connectivity index (χ4v) is 2.36. The predicted octanol–water partition coefficient (Wildman–Crippen LogP) is 0.184. The first kappa shape index (κ1) is 13.2. The van der Waals surface area contributed by atoms with Gasteiger partial charge in [0.1, 0.15) is 0 Å². The molecule has 4 unspecified atom stereocenters. The summed E-state index contributed by atoms with van der Waals surface area (Å²) in [6, 6.07) is 0.402. The van der Waals surface area contributed by atoms with Crippen LogP contribution in [-0.4, -0.2) is 64.9 Å². The van der Waals surface area contributed by atoms with E-state index in [4.69, 9.17) is 18.9 Å². The van der Waals surface area contributed by atoms with E-state index in [0.717, 1.165) is 26.1 Å². The van der Waals surface area contributed by atoms with Crippen LogP contribution in [0.2, 0.25) is 0 Å². The number of ether oxygens (including phenoxy) is 4. The first-order chi connectivity index (χ1) is 8.35. The first-order valence-electron chi connectivity index (χ1n) is 6.36. The van der Waals surface area contributed by atoms with Crippen LogP contribution in [0.3, 0.4) is 0 Å². The zero-order valence-electron chi connectivity index (χ0n) is 10.7. The maximum absolute atomic E-state index is 5.99. The number of hydrogen-bond acceptors (Lipinski definition) is 5. The van der Waals surface area contributed by atoms with Crippen molar-refractivity contribution in [1.29, 1.82) is 0 Å². The third-order valence-corrected chi connectivity index (χ3v) is 3.47. The van der Waals surface area contributed by atoms with E-state index in [1.165, 1.54) is 0 Å².